The van der Waals surface area contributed by atoms with Crippen molar-refractivity contribution in [1.29, 1.82) is 0 Å². The zero-order valence-electron chi connectivity index (χ0n) is 24.5. The van der Waals surface area contributed by atoms with E-state index in [9.17, 15) is 9.90 Å². The second-order valence-electron chi connectivity index (χ2n) is 12.4. The zero-order valence-corrected chi connectivity index (χ0v) is 25.3. The Hall–Kier alpha value is -2.21. The third-order valence-corrected chi connectivity index (χ3v) is 10.3. The standard InChI is InChI=1S/C34H46ClN3O2/c1-4-27(15-13-24(2)22-39)37-19-9-10-26(21-37)25-14-16-29-32(20-25)38(31-12-8-11-30(35)28(31)23-40)33(36-3)34(29)17-6-5-7-18-34/h8,11-12,14,16,20,23-24,26-27,39H,4-7,9-10,13,15,17-19,21-22H2,1-3H3. The fourth-order valence-electron chi connectivity index (χ4n) is 7.71. The summed E-state index contributed by atoms with van der Waals surface area (Å²) in [5.74, 6) is 1.89. The molecule has 1 N–H and O–H groups in total. The van der Waals surface area contributed by atoms with Crippen LogP contribution in [-0.2, 0) is 5.41 Å². The van der Waals surface area contributed by atoms with Gasteiger partial charge in [-0.15, -0.1) is 0 Å². The van der Waals surface area contributed by atoms with Crippen LogP contribution in [0.1, 0.15) is 105 Å². The Balaban J connectivity index is 1.52. The summed E-state index contributed by atoms with van der Waals surface area (Å²) in [7, 11) is 1.90. The average Bonchev–Trinajstić information content (AvgIpc) is 3.25. The van der Waals surface area contributed by atoms with Crippen LogP contribution in [0.25, 0.3) is 0 Å². The van der Waals surface area contributed by atoms with Gasteiger partial charge in [-0.2, -0.15) is 0 Å². The predicted molar refractivity (Wildman–Crippen MR) is 167 cm³/mol. The van der Waals surface area contributed by atoms with Crippen LogP contribution in [0.15, 0.2) is 41.4 Å². The number of nitrogens with zero attached hydrogens (tertiary/aromatic N) is 3. The Morgan fingerprint density at radius 1 is 1.12 bits per heavy atom. The molecule has 0 radical (unpaired) electrons. The number of aliphatic imine (C=N–C) groups is 1. The van der Waals surface area contributed by atoms with E-state index >= 15 is 0 Å². The van der Waals surface area contributed by atoms with Gasteiger partial charge in [0.2, 0.25) is 0 Å². The van der Waals surface area contributed by atoms with Gasteiger partial charge in [0.05, 0.1) is 27.4 Å². The van der Waals surface area contributed by atoms with Crippen LogP contribution in [0.4, 0.5) is 11.4 Å². The summed E-state index contributed by atoms with van der Waals surface area (Å²) in [6.07, 6.45) is 12.5. The lowest BCUT2D eigenvalue weighted by atomic mass is 9.69. The molecule has 2 aromatic carbocycles. The zero-order chi connectivity index (χ0) is 28.3. The van der Waals surface area contributed by atoms with Crippen molar-refractivity contribution in [3.63, 3.8) is 0 Å². The fourth-order valence-corrected chi connectivity index (χ4v) is 7.92. The number of fused-ring (bicyclic) bond motifs is 2. The summed E-state index contributed by atoms with van der Waals surface area (Å²) in [4.78, 5) is 22.2. The molecule has 1 spiro atoms. The van der Waals surface area contributed by atoms with Gasteiger partial charge in [0, 0.05) is 26.2 Å². The van der Waals surface area contributed by atoms with Gasteiger partial charge in [-0.1, -0.05) is 62.9 Å². The monoisotopic (exact) mass is 563 g/mol. The van der Waals surface area contributed by atoms with Crippen LogP contribution in [0.5, 0.6) is 0 Å². The summed E-state index contributed by atoms with van der Waals surface area (Å²) in [6.45, 7) is 6.94. The summed E-state index contributed by atoms with van der Waals surface area (Å²) in [6, 6.07) is 13.5. The van der Waals surface area contributed by atoms with E-state index < -0.39 is 0 Å². The molecule has 0 amide bonds. The lowest BCUT2D eigenvalue weighted by Gasteiger charge is -2.39. The molecule has 0 aromatic heterocycles. The minimum absolute atomic E-state index is 0.112. The number of piperidine rings is 1. The van der Waals surface area contributed by atoms with E-state index in [0.29, 0.717) is 28.5 Å². The van der Waals surface area contributed by atoms with E-state index in [1.165, 1.54) is 48.9 Å². The second-order valence-corrected chi connectivity index (χ2v) is 12.8. The maximum atomic E-state index is 12.3. The van der Waals surface area contributed by atoms with Crippen molar-refractivity contribution in [1.82, 2.24) is 4.90 Å². The molecule has 2 heterocycles. The van der Waals surface area contributed by atoms with Crippen molar-refractivity contribution < 1.29 is 9.90 Å². The van der Waals surface area contributed by atoms with Crippen LogP contribution >= 0.6 is 11.6 Å². The van der Waals surface area contributed by atoms with Gasteiger partial charge in [-0.25, -0.2) is 0 Å². The molecule has 5 nitrogen and oxygen atoms in total. The molecule has 6 heteroatoms. The largest absolute Gasteiger partial charge is 0.396 e. The topological polar surface area (TPSA) is 56.1 Å². The molecule has 5 rings (SSSR count). The van der Waals surface area contributed by atoms with Gasteiger partial charge >= 0.3 is 0 Å². The highest BCUT2D eigenvalue weighted by molar-refractivity contribution is 6.34. The first-order chi connectivity index (χ1) is 19.5. The van der Waals surface area contributed by atoms with Gasteiger partial charge in [0.1, 0.15) is 5.84 Å². The SMILES string of the molecule is CCC(CCC(C)CO)N1CCCC(c2ccc3c(c2)N(c2cccc(Cl)c2C=O)C(=NC)C32CCCCC2)C1. The van der Waals surface area contributed by atoms with Crippen LogP contribution in [-0.4, -0.2) is 54.9 Å². The molecule has 1 aliphatic carbocycles. The Kier molecular flexibility index (Phi) is 9.34. The van der Waals surface area contributed by atoms with E-state index in [1.807, 2.05) is 19.2 Å². The minimum atomic E-state index is -0.112. The van der Waals surface area contributed by atoms with E-state index in [0.717, 1.165) is 63.0 Å². The summed E-state index contributed by atoms with van der Waals surface area (Å²) in [5.41, 5.74) is 5.15. The Morgan fingerprint density at radius 3 is 2.62 bits per heavy atom. The van der Waals surface area contributed by atoms with Gasteiger partial charge in [-0.3, -0.25) is 19.6 Å². The Labute approximate surface area is 245 Å². The van der Waals surface area contributed by atoms with Crippen LogP contribution in [0, 0.1) is 5.92 Å². The molecule has 0 bridgehead atoms. The lowest BCUT2D eigenvalue weighted by molar-refractivity contribution is 0.112. The normalized spacial score (nSPS) is 23.4. The first-order valence-electron chi connectivity index (χ1n) is 15.5. The van der Waals surface area contributed by atoms with Gasteiger partial charge in [-0.05, 0) is 92.7 Å². The summed E-state index contributed by atoms with van der Waals surface area (Å²) >= 11 is 6.55. The van der Waals surface area contributed by atoms with Crippen molar-refractivity contribution in [2.24, 2.45) is 10.9 Å². The third kappa shape index (κ3) is 5.37. The fraction of sp³-hybridized carbons (Fsp3) is 0.588. The third-order valence-electron chi connectivity index (χ3n) is 9.94. The van der Waals surface area contributed by atoms with Gasteiger partial charge < -0.3 is 5.11 Å². The maximum Gasteiger partial charge on any atom is 0.153 e. The van der Waals surface area contributed by atoms with Crippen LogP contribution < -0.4 is 4.90 Å². The van der Waals surface area contributed by atoms with E-state index in [1.54, 1.807) is 6.07 Å². The second kappa shape index (κ2) is 12.8. The quantitative estimate of drug-likeness (QED) is 0.315. The number of likely N-dealkylation sites (tertiary alicyclic amines) is 1. The molecule has 3 unspecified atom stereocenters. The highest BCUT2D eigenvalue weighted by Gasteiger charge is 2.50. The van der Waals surface area contributed by atoms with Gasteiger partial charge in [0.25, 0.3) is 0 Å². The van der Waals surface area contributed by atoms with E-state index in [-0.39, 0.29) is 12.0 Å². The number of carbonyl (C=O) groups is 1. The molecule has 2 aliphatic heterocycles. The van der Waals surface area contributed by atoms with E-state index in [2.05, 4.69) is 41.8 Å². The minimum Gasteiger partial charge on any atom is -0.396 e. The van der Waals surface area contributed by atoms with Crippen molar-refractivity contribution in [2.45, 2.75) is 95.4 Å². The molecule has 1 saturated carbocycles. The molecule has 40 heavy (non-hydrogen) atoms. The maximum absolute atomic E-state index is 12.3. The highest BCUT2D eigenvalue weighted by Crippen LogP contribution is 2.54. The predicted octanol–water partition coefficient (Wildman–Crippen LogP) is 7.90. The van der Waals surface area contributed by atoms with E-state index in [4.69, 9.17) is 16.6 Å². The Bertz CT molecular complexity index is 1220. The molecular weight excluding hydrogens is 518 g/mol. The number of rotatable bonds is 9. The van der Waals surface area contributed by atoms with Crippen LogP contribution in [0.2, 0.25) is 5.02 Å². The number of aldehydes is 1. The van der Waals surface area contributed by atoms with Crippen LogP contribution in [0.3, 0.4) is 0 Å². The molecule has 2 aromatic rings. The number of hydrogen-bond donors (Lipinski definition) is 1. The van der Waals surface area contributed by atoms with Crippen molar-refractivity contribution in [3.05, 3.63) is 58.1 Å². The number of aliphatic hydroxyl groups is 1. The lowest BCUT2D eigenvalue weighted by Crippen LogP contribution is -2.42. The molecular formula is C34H46ClN3O2. The molecule has 3 atom stereocenters. The number of hydrogen-bond acceptors (Lipinski definition) is 4. The number of anilines is 2. The number of amidine groups is 1. The number of carbonyl (C=O) groups excluding carboxylic acids is 1. The molecule has 3 aliphatic rings. The van der Waals surface area contributed by atoms with Crippen molar-refractivity contribution in [3.8, 4) is 0 Å². The van der Waals surface area contributed by atoms with Gasteiger partial charge in [0.15, 0.2) is 6.29 Å². The molecule has 216 valence electrons. The Morgan fingerprint density at radius 2 is 1.93 bits per heavy atom. The average molecular weight is 564 g/mol. The highest BCUT2D eigenvalue weighted by atomic mass is 35.5. The number of halogens is 1. The van der Waals surface area contributed by atoms with Crippen molar-refractivity contribution in [2.75, 3.05) is 31.6 Å². The molecule has 1 saturated heterocycles. The number of benzene rings is 2. The number of aliphatic hydroxyl groups excluding tert-OH is 1. The smallest absolute Gasteiger partial charge is 0.153 e. The van der Waals surface area contributed by atoms with Crippen molar-refractivity contribution >= 4 is 35.1 Å². The molecule has 2 fully saturated rings. The summed E-state index contributed by atoms with van der Waals surface area (Å²) < 4.78 is 0. The first kappa shape index (κ1) is 29.3. The first-order valence-corrected chi connectivity index (χ1v) is 15.9. The summed E-state index contributed by atoms with van der Waals surface area (Å²) in [5, 5.41) is 10.0.